The van der Waals surface area contributed by atoms with Gasteiger partial charge < -0.3 is 33.8 Å². The Hall–Kier alpha value is -2.96. The molecule has 10 nitrogen and oxygen atoms in total. The molecule has 0 aliphatic heterocycles. The van der Waals surface area contributed by atoms with Gasteiger partial charge in [0.25, 0.3) is 0 Å². The van der Waals surface area contributed by atoms with Crippen LogP contribution in [0.15, 0.2) is 36.4 Å². The third-order valence-electron chi connectivity index (χ3n) is 5.24. The highest BCUT2D eigenvalue weighted by Crippen LogP contribution is 2.46. The highest BCUT2D eigenvalue weighted by Gasteiger charge is 2.30. The third kappa shape index (κ3) is 7.26. The zero-order chi connectivity index (χ0) is 25.9. The standard InChI is InChI=1S/C24H28N2O8S/c1-30-7-8-32-13-23(28)26-16-4-6-18-17-5-3-15(25-22(27)12-31-2)9-19(17)21(20(18)10-16)11-33-24(29)14-34-35/h3-6,9-10,21,35H,7-8,11-14H2,1-2H3,(H,25,27)(H,26,28)/i/hT. The average molecular weight is 507 g/mol. The lowest BCUT2D eigenvalue weighted by molar-refractivity contribution is -0.145. The molecule has 1 atom stereocenters. The summed E-state index contributed by atoms with van der Waals surface area (Å²) >= 11 is 0.334. The minimum absolute atomic E-state index is 0.0118. The van der Waals surface area contributed by atoms with E-state index in [0.717, 1.165) is 22.3 Å². The van der Waals surface area contributed by atoms with Crippen molar-refractivity contribution in [2.45, 2.75) is 5.92 Å². The fraction of sp³-hybridized carbons (Fsp3) is 0.375. The first kappa shape index (κ1) is 25.1. The number of hydrogen-bond donors (Lipinski definition) is 3. The maximum atomic E-state index is 12.3. The van der Waals surface area contributed by atoms with E-state index in [1.54, 1.807) is 19.2 Å². The number of esters is 1. The number of methoxy groups -OCH3 is 2. The van der Waals surface area contributed by atoms with E-state index < -0.39 is 5.97 Å². The van der Waals surface area contributed by atoms with Gasteiger partial charge in [-0.05, 0) is 59.3 Å². The lowest BCUT2D eigenvalue weighted by atomic mass is 9.97. The summed E-state index contributed by atoms with van der Waals surface area (Å²) in [5, 5.41) is 5.60. The number of hydrogen-bond acceptors (Lipinski definition) is 9. The minimum Gasteiger partial charge on any atom is -0.463 e. The molecule has 2 aromatic rings. The Morgan fingerprint density at radius 1 is 0.886 bits per heavy atom. The molecule has 0 aromatic heterocycles. The highest BCUT2D eigenvalue weighted by molar-refractivity contribution is 7.75. The Labute approximate surface area is 209 Å². The van der Waals surface area contributed by atoms with Crippen molar-refractivity contribution in [2.24, 2.45) is 0 Å². The normalized spacial score (nSPS) is 14.0. The van der Waals surface area contributed by atoms with Crippen molar-refractivity contribution in [2.75, 3.05) is 64.5 Å². The summed E-state index contributed by atoms with van der Waals surface area (Å²) in [5.74, 6) is -1.56. The molecule has 0 fully saturated rings. The first-order valence-corrected chi connectivity index (χ1v) is 11.1. The molecule has 1 unspecified atom stereocenters. The van der Waals surface area contributed by atoms with Gasteiger partial charge in [0, 0.05) is 31.5 Å². The second kappa shape index (κ2) is 13.2. The van der Waals surface area contributed by atoms with E-state index in [-0.39, 0.29) is 44.2 Å². The number of carbonyl (C=O) groups is 3. The molecular formula is C24H28N2O8S. The Balaban J connectivity index is 1.82. The van der Waals surface area contributed by atoms with Gasteiger partial charge in [-0.3, -0.25) is 9.59 Å². The SMILES string of the molecule is [3H]SOCC(=O)OCC1c2cc(NC(=O)COC)ccc2-c2ccc(NC(=O)COCCOC)cc21. The van der Waals surface area contributed by atoms with Crippen molar-refractivity contribution < 1.29 is 37.5 Å². The summed E-state index contributed by atoms with van der Waals surface area (Å²) in [6.07, 6.45) is 0. The molecule has 11 heteroatoms. The fourth-order valence-electron chi connectivity index (χ4n) is 3.79. The second-order valence-corrected chi connectivity index (χ2v) is 7.91. The van der Waals surface area contributed by atoms with Crippen LogP contribution in [0.25, 0.3) is 11.1 Å². The number of fused-ring (bicyclic) bond motifs is 3. The molecule has 0 saturated carbocycles. The van der Waals surface area contributed by atoms with Crippen LogP contribution < -0.4 is 10.6 Å². The highest BCUT2D eigenvalue weighted by atomic mass is 32.1. The number of thiol groups is 1. The van der Waals surface area contributed by atoms with Gasteiger partial charge in [-0.25, -0.2) is 4.79 Å². The van der Waals surface area contributed by atoms with Crippen LogP contribution in [0.4, 0.5) is 11.4 Å². The van der Waals surface area contributed by atoms with E-state index in [0.29, 0.717) is 37.4 Å². The van der Waals surface area contributed by atoms with Crippen molar-refractivity contribution in [1.82, 2.24) is 0 Å². The summed E-state index contributed by atoms with van der Waals surface area (Å²) in [6.45, 7) is 0.169. The molecule has 188 valence electrons. The quantitative estimate of drug-likeness (QED) is 0.155. The number of carbonyl (C=O) groups excluding carboxylic acids is 3. The second-order valence-electron chi connectivity index (χ2n) is 7.68. The van der Waals surface area contributed by atoms with E-state index in [1.165, 1.54) is 7.11 Å². The molecule has 1 aliphatic carbocycles. The molecule has 1 aliphatic rings. The maximum absolute atomic E-state index is 12.3. The number of nitrogens with one attached hydrogen (secondary N) is 2. The van der Waals surface area contributed by atoms with E-state index >= 15 is 0 Å². The number of rotatable bonds is 14. The molecule has 0 radical (unpaired) electrons. The van der Waals surface area contributed by atoms with Crippen molar-refractivity contribution in [3.8, 4) is 11.1 Å². The topological polar surface area (TPSA) is 121 Å². The van der Waals surface area contributed by atoms with Crippen LogP contribution in [0.1, 0.15) is 17.0 Å². The van der Waals surface area contributed by atoms with Crippen molar-refractivity contribution >= 4 is 42.0 Å². The van der Waals surface area contributed by atoms with Gasteiger partial charge in [0.1, 0.15) is 20.9 Å². The Morgan fingerprint density at radius 2 is 1.51 bits per heavy atom. The van der Waals surface area contributed by atoms with Crippen molar-refractivity contribution in [3.05, 3.63) is 47.5 Å². The van der Waals surface area contributed by atoms with Gasteiger partial charge in [0.2, 0.25) is 11.8 Å². The summed E-state index contributed by atoms with van der Waals surface area (Å²) in [5.41, 5.74) is 4.71. The lowest BCUT2D eigenvalue weighted by Gasteiger charge is -2.16. The van der Waals surface area contributed by atoms with E-state index in [4.69, 9.17) is 24.3 Å². The first-order valence-electron chi connectivity index (χ1n) is 11.2. The number of anilines is 2. The summed E-state index contributed by atoms with van der Waals surface area (Å²) in [7, 11) is 2.99. The molecule has 0 spiro atoms. The summed E-state index contributed by atoms with van der Waals surface area (Å²) in [4.78, 5) is 36.3. The predicted molar refractivity (Wildman–Crippen MR) is 131 cm³/mol. The van der Waals surface area contributed by atoms with Crippen LogP contribution in [-0.4, -0.2) is 72.8 Å². The van der Waals surface area contributed by atoms with Crippen LogP contribution in [0, 0.1) is 0 Å². The third-order valence-corrected chi connectivity index (χ3v) is 5.36. The molecule has 2 amide bonds. The summed E-state index contributed by atoms with van der Waals surface area (Å²) < 4.78 is 32.1. The van der Waals surface area contributed by atoms with E-state index in [1.807, 2.05) is 24.3 Å². The molecule has 0 bridgehead atoms. The Kier molecular flexibility index (Phi) is 9.49. The molecule has 3 rings (SSSR count). The maximum Gasteiger partial charge on any atom is 0.333 e. The van der Waals surface area contributed by atoms with Gasteiger partial charge in [0.15, 0.2) is 6.61 Å². The first-order chi connectivity index (χ1) is 17.5. The van der Waals surface area contributed by atoms with Crippen molar-refractivity contribution in [3.63, 3.8) is 0 Å². The van der Waals surface area contributed by atoms with E-state index in [9.17, 15) is 14.4 Å². The van der Waals surface area contributed by atoms with Gasteiger partial charge in [-0.1, -0.05) is 12.1 Å². The molecular weight excluding hydrogens is 476 g/mol. The van der Waals surface area contributed by atoms with Crippen LogP contribution in [0.5, 0.6) is 0 Å². The monoisotopic (exact) mass is 506 g/mol. The molecule has 2 aromatic carbocycles. The minimum atomic E-state index is -0.605. The van der Waals surface area contributed by atoms with Gasteiger partial charge >= 0.3 is 5.97 Å². The number of benzene rings is 2. The van der Waals surface area contributed by atoms with Crippen molar-refractivity contribution in [1.29, 1.82) is 1.12 Å². The number of ether oxygens (including phenoxy) is 4. The van der Waals surface area contributed by atoms with Gasteiger partial charge in [0.05, 0.1) is 13.2 Å². The van der Waals surface area contributed by atoms with Crippen LogP contribution in [-0.2, 0) is 37.5 Å². The average Bonchev–Trinajstić information content (AvgIpc) is 3.16. The molecule has 0 heterocycles. The van der Waals surface area contributed by atoms with Gasteiger partial charge in [-0.15, -0.1) is 0 Å². The summed E-state index contributed by atoms with van der Waals surface area (Å²) in [6, 6.07) is 11.0. The molecule has 0 saturated heterocycles. The predicted octanol–water partition coefficient (Wildman–Crippen LogP) is 2.39. The molecule has 35 heavy (non-hydrogen) atoms. The van der Waals surface area contributed by atoms with Crippen LogP contribution in [0.2, 0.25) is 0 Å². The zero-order valence-electron chi connectivity index (χ0n) is 20.5. The lowest BCUT2D eigenvalue weighted by Crippen LogP contribution is -2.20. The Morgan fingerprint density at radius 3 is 2.09 bits per heavy atom. The van der Waals surface area contributed by atoms with Crippen LogP contribution in [0.3, 0.4) is 0 Å². The fourth-order valence-corrected chi connectivity index (χ4v) is 3.89. The van der Waals surface area contributed by atoms with E-state index in [2.05, 4.69) is 10.6 Å². The molecule has 2 N–H and O–H groups in total. The smallest absolute Gasteiger partial charge is 0.333 e. The number of amides is 2. The largest absolute Gasteiger partial charge is 0.463 e. The van der Waals surface area contributed by atoms with Gasteiger partial charge in [-0.2, -0.15) is 0 Å². The Bertz CT molecular complexity index is 1080. The zero-order valence-corrected chi connectivity index (χ0v) is 20.3. The van der Waals surface area contributed by atoms with Crippen LogP contribution >= 0.6 is 12.8 Å².